The van der Waals surface area contributed by atoms with Gasteiger partial charge in [-0.3, -0.25) is 0 Å². The lowest BCUT2D eigenvalue weighted by molar-refractivity contribution is 0.436. The van der Waals surface area contributed by atoms with E-state index in [9.17, 15) is 0 Å². The molecular weight excluding hydrogens is 192 g/mol. The molecule has 0 spiro atoms. The van der Waals surface area contributed by atoms with Crippen LogP contribution in [0.5, 0.6) is 0 Å². The summed E-state index contributed by atoms with van der Waals surface area (Å²) in [4.78, 5) is 2.23. The first-order valence-electron chi connectivity index (χ1n) is 5.68. The van der Waals surface area contributed by atoms with Crippen molar-refractivity contribution in [3.05, 3.63) is 0 Å². The summed E-state index contributed by atoms with van der Waals surface area (Å²) in [5, 5.41) is 0. The predicted molar refractivity (Wildman–Crippen MR) is 65.8 cm³/mol. The Hall–Kier alpha value is 0.270. The van der Waals surface area contributed by atoms with E-state index in [0.717, 1.165) is 11.7 Å². The van der Waals surface area contributed by atoms with Crippen LogP contribution in [0.25, 0.3) is 0 Å². The Bertz CT molecular complexity index is 144. The van der Waals surface area contributed by atoms with E-state index in [1.165, 1.54) is 38.0 Å². The summed E-state index contributed by atoms with van der Waals surface area (Å²) in [6.45, 7) is 1.17. The Morgan fingerprint density at radius 3 is 2.57 bits per heavy atom. The molecule has 0 aromatic rings. The van der Waals surface area contributed by atoms with Crippen LogP contribution in [-0.4, -0.2) is 43.1 Å². The van der Waals surface area contributed by atoms with Crippen molar-refractivity contribution in [3.63, 3.8) is 0 Å². The van der Waals surface area contributed by atoms with Gasteiger partial charge in [-0.1, -0.05) is 12.8 Å². The molecule has 1 saturated carbocycles. The molecule has 0 aromatic carbocycles. The molecule has 3 heteroatoms. The molecule has 1 aliphatic carbocycles. The van der Waals surface area contributed by atoms with Crippen molar-refractivity contribution in [2.45, 2.75) is 31.7 Å². The van der Waals surface area contributed by atoms with E-state index < -0.39 is 0 Å². The lowest BCUT2D eigenvalue weighted by atomic mass is 10.0. The van der Waals surface area contributed by atoms with Gasteiger partial charge in [-0.05, 0) is 32.9 Å². The molecule has 2 N–H and O–H groups in total. The second-order valence-corrected chi connectivity index (χ2v) is 5.74. The highest BCUT2D eigenvalue weighted by atomic mass is 32.2. The fourth-order valence-corrected chi connectivity index (χ4v) is 3.19. The summed E-state index contributed by atoms with van der Waals surface area (Å²) < 4.78 is 0. The Kier molecular flexibility index (Phi) is 5.90. The van der Waals surface area contributed by atoms with Crippen LogP contribution < -0.4 is 5.73 Å². The van der Waals surface area contributed by atoms with Crippen LogP contribution in [0.1, 0.15) is 25.7 Å². The standard InChI is InChI=1S/C11H24N2S/c1-13(2)7-8-14-9-11(12)10-5-3-4-6-10/h10-11H,3-9,12H2,1-2H3. The van der Waals surface area contributed by atoms with E-state index in [4.69, 9.17) is 5.73 Å². The van der Waals surface area contributed by atoms with E-state index in [1.54, 1.807) is 0 Å². The van der Waals surface area contributed by atoms with Crippen molar-refractivity contribution < 1.29 is 0 Å². The van der Waals surface area contributed by atoms with Crippen LogP contribution >= 0.6 is 11.8 Å². The molecule has 84 valence electrons. The van der Waals surface area contributed by atoms with Gasteiger partial charge in [0.1, 0.15) is 0 Å². The summed E-state index contributed by atoms with van der Waals surface area (Å²) >= 11 is 2.01. The molecule has 1 aliphatic rings. The molecular formula is C11H24N2S. The highest BCUT2D eigenvalue weighted by Crippen LogP contribution is 2.28. The fourth-order valence-electron chi connectivity index (χ4n) is 1.99. The van der Waals surface area contributed by atoms with Crippen molar-refractivity contribution in [1.82, 2.24) is 4.90 Å². The number of rotatable bonds is 6. The average molecular weight is 216 g/mol. The first-order valence-corrected chi connectivity index (χ1v) is 6.83. The first-order chi connectivity index (χ1) is 6.70. The first kappa shape index (κ1) is 12.3. The van der Waals surface area contributed by atoms with Gasteiger partial charge in [0.2, 0.25) is 0 Å². The normalized spacial score (nSPS) is 20.6. The maximum absolute atomic E-state index is 6.16. The van der Waals surface area contributed by atoms with Gasteiger partial charge in [0.25, 0.3) is 0 Å². The van der Waals surface area contributed by atoms with Gasteiger partial charge in [0.05, 0.1) is 0 Å². The number of nitrogens with zero attached hydrogens (tertiary/aromatic N) is 1. The SMILES string of the molecule is CN(C)CCSCC(N)C1CCCC1. The summed E-state index contributed by atoms with van der Waals surface area (Å²) in [5.41, 5.74) is 6.16. The maximum atomic E-state index is 6.16. The van der Waals surface area contributed by atoms with Gasteiger partial charge in [0, 0.05) is 24.1 Å². The monoisotopic (exact) mass is 216 g/mol. The van der Waals surface area contributed by atoms with Crippen molar-refractivity contribution in [2.24, 2.45) is 11.7 Å². The van der Waals surface area contributed by atoms with Gasteiger partial charge in [0.15, 0.2) is 0 Å². The van der Waals surface area contributed by atoms with Gasteiger partial charge < -0.3 is 10.6 Å². The molecule has 0 bridgehead atoms. The second-order valence-electron chi connectivity index (χ2n) is 4.59. The average Bonchev–Trinajstić information content (AvgIpc) is 2.64. The third-order valence-corrected chi connectivity index (χ3v) is 4.09. The van der Waals surface area contributed by atoms with Crippen LogP contribution in [0.2, 0.25) is 0 Å². The molecule has 1 atom stereocenters. The van der Waals surface area contributed by atoms with E-state index in [-0.39, 0.29) is 0 Å². The minimum Gasteiger partial charge on any atom is -0.327 e. The van der Waals surface area contributed by atoms with Gasteiger partial charge in [-0.2, -0.15) is 11.8 Å². The quantitative estimate of drug-likeness (QED) is 0.687. The lowest BCUT2D eigenvalue weighted by Crippen LogP contribution is -2.31. The topological polar surface area (TPSA) is 29.3 Å². The number of hydrogen-bond donors (Lipinski definition) is 1. The van der Waals surface area contributed by atoms with Crippen LogP contribution in [0.15, 0.2) is 0 Å². The van der Waals surface area contributed by atoms with Crippen molar-refractivity contribution >= 4 is 11.8 Å². The third kappa shape index (κ3) is 4.67. The number of nitrogens with two attached hydrogens (primary N) is 1. The Balaban J connectivity index is 1.99. The summed E-state index contributed by atoms with van der Waals surface area (Å²) in [6, 6.07) is 0.449. The van der Waals surface area contributed by atoms with E-state index >= 15 is 0 Å². The summed E-state index contributed by atoms with van der Waals surface area (Å²) in [5.74, 6) is 3.19. The molecule has 0 aliphatic heterocycles. The molecule has 0 heterocycles. The molecule has 0 saturated heterocycles. The highest BCUT2D eigenvalue weighted by Gasteiger charge is 2.21. The zero-order valence-corrected chi connectivity index (χ0v) is 10.4. The Morgan fingerprint density at radius 2 is 2.00 bits per heavy atom. The molecule has 14 heavy (non-hydrogen) atoms. The third-order valence-electron chi connectivity index (χ3n) is 3.00. The molecule has 1 rings (SSSR count). The zero-order valence-electron chi connectivity index (χ0n) is 9.54. The van der Waals surface area contributed by atoms with Crippen LogP contribution in [0.4, 0.5) is 0 Å². The van der Waals surface area contributed by atoms with Crippen molar-refractivity contribution in [3.8, 4) is 0 Å². The second kappa shape index (κ2) is 6.70. The Morgan fingerprint density at radius 1 is 1.36 bits per heavy atom. The highest BCUT2D eigenvalue weighted by molar-refractivity contribution is 7.99. The van der Waals surface area contributed by atoms with Gasteiger partial charge in [-0.15, -0.1) is 0 Å². The molecule has 0 amide bonds. The summed E-state index contributed by atoms with van der Waals surface area (Å²) in [6.07, 6.45) is 5.55. The smallest absolute Gasteiger partial charge is 0.0158 e. The predicted octanol–water partition coefficient (Wildman–Crippen LogP) is 1.80. The molecule has 2 nitrogen and oxygen atoms in total. The largest absolute Gasteiger partial charge is 0.327 e. The van der Waals surface area contributed by atoms with Gasteiger partial charge >= 0.3 is 0 Å². The van der Waals surface area contributed by atoms with E-state index in [1.807, 2.05) is 11.8 Å². The lowest BCUT2D eigenvalue weighted by Gasteiger charge is -2.18. The maximum Gasteiger partial charge on any atom is 0.0158 e. The van der Waals surface area contributed by atoms with Crippen LogP contribution in [0.3, 0.4) is 0 Å². The summed E-state index contributed by atoms with van der Waals surface area (Å²) in [7, 11) is 4.24. The molecule has 1 unspecified atom stereocenters. The number of thioether (sulfide) groups is 1. The minimum absolute atomic E-state index is 0.449. The Labute approximate surface area is 92.6 Å². The zero-order chi connectivity index (χ0) is 10.4. The molecule has 0 radical (unpaired) electrons. The van der Waals surface area contributed by atoms with Crippen molar-refractivity contribution in [2.75, 3.05) is 32.1 Å². The number of hydrogen-bond acceptors (Lipinski definition) is 3. The van der Waals surface area contributed by atoms with Crippen LogP contribution in [0, 0.1) is 5.92 Å². The van der Waals surface area contributed by atoms with Crippen LogP contribution in [-0.2, 0) is 0 Å². The molecule has 1 fully saturated rings. The van der Waals surface area contributed by atoms with Gasteiger partial charge in [-0.25, -0.2) is 0 Å². The van der Waals surface area contributed by atoms with E-state index in [2.05, 4.69) is 19.0 Å². The minimum atomic E-state index is 0.449. The fraction of sp³-hybridized carbons (Fsp3) is 1.00. The van der Waals surface area contributed by atoms with Crippen molar-refractivity contribution in [1.29, 1.82) is 0 Å². The van der Waals surface area contributed by atoms with E-state index in [0.29, 0.717) is 6.04 Å². The molecule has 0 aromatic heterocycles.